The third kappa shape index (κ3) is 42.5. The summed E-state index contributed by atoms with van der Waals surface area (Å²) in [6, 6.07) is 0. The normalized spacial score (nSPS) is 10.9. The molecule has 0 aromatic rings. The average Bonchev–Trinajstić information content (AvgIpc) is 2.68. The van der Waals surface area contributed by atoms with Crippen molar-refractivity contribution in [3.8, 4) is 0 Å². The van der Waals surface area contributed by atoms with Gasteiger partial charge in [0.25, 0.3) is 0 Å². The van der Waals surface area contributed by atoms with Gasteiger partial charge >= 0.3 is 0 Å². The molecule has 0 saturated heterocycles. The van der Waals surface area contributed by atoms with Gasteiger partial charge in [0.15, 0.2) is 0 Å². The van der Waals surface area contributed by atoms with Crippen LogP contribution in [0.15, 0.2) is 0 Å². The molecule has 12 radical (unpaired) electrons. The standard InChI is InChI=1S/C22H46.2CH4.B3.B2.B/c1-5-8-10-12-14-16-18-21(4)20-22(7-3)19-17-15-13-11-9-6-2;;;1-3-2;1-2;/h21-22H,5-20H2,1-4H3;2*1H4;;;. The first-order chi connectivity index (χ1) is 13.2. The Hall–Kier alpha value is 0.390. The van der Waals surface area contributed by atoms with Crippen molar-refractivity contribution in [1.82, 2.24) is 0 Å². The summed E-state index contributed by atoms with van der Waals surface area (Å²) in [5, 5.41) is 0. The van der Waals surface area contributed by atoms with Gasteiger partial charge in [-0.05, 0) is 18.3 Å². The van der Waals surface area contributed by atoms with E-state index in [1.54, 1.807) is 0 Å². The molecule has 2 atom stereocenters. The molecule has 0 aromatic heterocycles. The highest BCUT2D eigenvalue weighted by Gasteiger charge is 2.11. The number of hydrogen-bond acceptors (Lipinski definition) is 0. The first-order valence-electron chi connectivity index (χ1n) is 11.7. The Labute approximate surface area is 203 Å². The molecular weight excluding hydrogens is 353 g/mol. The minimum absolute atomic E-state index is 0. The van der Waals surface area contributed by atoms with Crippen LogP contribution in [0.5, 0.6) is 0 Å². The van der Waals surface area contributed by atoms with E-state index >= 15 is 0 Å². The van der Waals surface area contributed by atoms with Crippen LogP contribution in [0, 0.1) is 11.8 Å². The minimum Gasteiger partial charge on any atom is -0.0776 e. The first-order valence-corrected chi connectivity index (χ1v) is 11.7. The Morgan fingerprint density at radius 1 is 0.633 bits per heavy atom. The van der Waals surface area contributed by atoms with Gasteiger partial charge in [-0.3, -0.25) is 0 Å². The molecule has 30 heavy (non-hydrogen) atoms. The van der Waals surface area contributed by atoms with Gasteiger partial charge in [-0.1, -0.05) is 139 Å². The lowest BCUT2D eigenvalue weighted by molar-refractivity contribution is 0.329. The Balaban J connectivity index is -0.000000164. The van der Waals surface area contributed by atoms with Crippen molar-refractivity contribution < 1.29 is 0 Å². The second-order valence-corrected chi connectivity index (χ2v) is 7.92. The fraction of sp³-hybridized carbons (Fsp3) is 1.00. The Bertz CT molecular complexity index is 230. The summed E-state index contributed by atoms with van der Waals surface area (Å²) in [5.74, 6) is 1.96. The zero-order valence-electron chi connectivity index (χ0n) is 19.9. The largest absolute Gasteiger partial charge is 0.0776 e. The highest BCUT2D eigenvalue weighted by atomic mass is 14.2. The third-order valence-corrected chi connectivity index (χ3v) is 5.33. The van der Waals surface area contributed by atoms with E-state index in [0.29, 0.717) is 0 Å². The van der Waals surface area contributed by atoms with E-state index in [-0.39, 0.29) is 23.3 Å². The van der Waals surface area contributed by atoms with Crippen LogP contribution in [-0.4, -0.2) is 46.4 Å². The average molecular weight is 408 g/mol. The SMILES string of the molecule is C.C.CCCCCCCCC(C)CC(CC)CCCCCCCC.[B].[B][B].[B][B][B]. The monoisotopic (exact) mass is 408 g/mol. The van der Waals surface area contributed by atoms with E-state index in [1.807, 2.05) is 0 Å². The van der Waals surface area contributed by atoms with E-state index in [9.17, 15) is 0 Å². The quantitative estimate of drug-likeness (QED) is 0.173. The predicted octanol–water partition coefficient (Wildman–Crippen LogP) is 7.53. The molecule has 0 spiro atoms. The van der Waals surface area contributed by atoms with Gasteiger partial charge in [-0.25, -0.2) is 0 Å². The van der Waals surface area contributed by atoms with E-state index in [4.69, 9.17) is 0 Å². The Kier molecular flexibility index (Phi) is 63.7. The summed E-state index contributed by atoms with van der Waals surface area (Å²) >= 11 is 0. The van der Waals surface area contributed by atoms with Crippen LogP contribution in [-0.2, 0) is 0 Å². The van der Waals surface area contributed by atoms with Gasteiger partial charge in [0.05, 0.1) is 0 Å². The second-order valence-electron chi connectivity index (χ2n) is 7.92. The fourth-order valence-corrected chi connectivity index (χ4v) is 3.66. The van der Waals surface area contributed by atoms with Crippen LogP contribution in [0.25, 0.3) is 0 Å². The molecule has 0 saturated carbocycles. The number of rotatable bonds is 17. The smallest absolute Gasteiger partial charge is 0 e. The van der Waals surface area contributed by atoms with Crippen molar-refractivity contribution in [3.63, 3.8) is 0 Å². The van der Waals surface area contributed by atoms with Gasteiger partial charge < -0.3 is 0 Å². The lowest BCUT2D eigenvalue weighted by atomic mass is 9.40. The van der Waals surface area contributed by atoms with E-state index in [1.165, 1.54) is 103 Å². The summed E-state index contributed by atoms with van der Waals surface area (Å²) in [4.78, 5) is 0. The molecule has 0 fully saturated rings. The van der Waals surface area contributed by atoms with Crippen molar-refractivity contribution >= 4 is 46.4 Å². The molecule has 0 amide bonds. The van der Waals surface area contributed by atoms with Gasteiger partial charge in [0.1, 0.15) is 0 Å². The molecule has 168 valence electrons. The van der Waals surface area contributed by atoms with Crippen molar-refractivity contribution in [2.75, 3.05) is 0 Å². The molecule has 0 heterocycles. The summed E-state index contributed by atoms with van der Waals surface area (Å²) in [6.07, 6.45) is 23.2. The maximum Gasteiger partial charge on any atom is 0 e. The topological polar surface area (TPSA) is 0 Å². The van der Waals surface area contributed by atoms with Crippen LogP contribution in [0.2, 0.25) is 0 Å². The van der Waals surface area contributed by atoms with Gasteiger partial charge in [-0.2, -0.15) is 0 Å². The fourth-order valence-electron chi connectivity index (χ4n) is 3.66. The molecule has 6 heteroatoms. The molecule has 2 unspecified atom stereocenters. The zero-order chi connectivity index (χ0) is 21.2. The molecular formula is C24H54B6. The summed E-state index contributed by atoms with van der Waals surface area (Å²) < 4.78 is 0. The number of unbranched alkanes of at least 4 members (excludes halogenated alkanes) is 10. The van der Waals surface area contributed by atoms with Crippen LogP contribution in [0.1, 0.15) is 145 Å². The highest BCUT2D eigenvalue weighted by molar-refractivity contribution is 7.17. The van der Waals surface area contributed by atoms with Crippen molar-refractivity contribution in [3.05, 3.63) is 0 Å². The lowest BCUT2D eigenvalue weighted by Gasteiger charge is -2.19. The highest BCUT2D eigenvalue weighted by Crippen LogP contribution is 2.25. The maximum atomic E-state index is 4.50. The van der Waals surface area contributed by atoms with Crippen LogP contribution >= 0.6 is 0 Å². The lowest BCUT2D eigenvalue weighted by Crippen LogP contribution is -2.06. The molecule has 0 aliphatic carbocycles. The van der Waals surface area contributed by atoms with Crippen LogP contribution < -0.4 is 0 Å². The van der Waals surface area contributed by atoms with E-state index in [2.05, 4.69) is 58.6 Å². The molecule has 0 N–H and O–H groups in total. The van der Waals surface area contributed by atoms with Crippen LogP contribution in [0.3, 0.4) is 0 Å². The Morgan fingerprint density at radius 2 is 0.967 bits per heavy atom. The predicted molar refractivity (Wildman–Crippen MR) is 152 cm³/mol. The third-order valence-electron chi connectivity index (χ3n) is 5.33. The van der Waals surface area contributed by atoms with Gasteiger partial charge in [-0.15, -0.1) is 0 Å². The Morgan fingerprint density at radius 3 is 1.33 bits per heavy atom. The molecule has 0 aliphatic heterocycles. The first kappa shape index (κ1) is 44.1. The molecule has 0 bridgehead atoms. The van der Waals surface area contributed by atoms with Crippen molar-refractivity contribution in [2.45, 2.75) is 145 Å². The van der Waals surface area contributed by atoms with Gasteiger partial charge in [0.2, 0.25) is 0 Å². The maximum absolute atomic E-state index is 4.50. The summed E-state index contributed by atoms with van der Waals surface area (Å²) in [7, 11) is 18.0. The van der Waals surface area contributed by atoms with Gasteiger partial charge in [0, 0.05) is 46.4 Å². The molecule has 0 aromatic carbocycles. The minimum atomic E-state index is 0. The summed E-state index contributed by atoms with van der Waals surface area (Å²) in [6.45, 7) is 9.50. The zero-order valence-corrected chi connectivity index (χ0v) is 19.9. The molecule has 0 rings (SSSR count). The molecule has 0 aliphatic rings. The summed E-state index contributed by atoms with van der Waals surface area (Å²) in [5.41, 5.74) is 0. The van der Waals surface area contributed by atoms with E-state index < -0.39 is 0 Å². The number of hydrogen-bond donors (Lipinski definition) is 0. The van der Waals surface area contributed by atoms with E-state index in [0.717, 1.165) is 18.9 Å². The second kappa shape index (κ2) is 43.3. The molecule has 0 nitrogen and oxygen atoms in total. The van der Waals surface area contributed by atoms with Crippen molar-refractivity contribution in [1.29, 1.82) is 0 Å². The van der Waals surface area contributed by atoms with Crippen LogP contribution in [0.4, 0.5) is 0 Å². The van der Waals surface area contributed by atoms with Crippen molar-refractivity contribution in [2.24, 2.45) is 11.8 Å².